The first-order valence-electron chi connectivity index (χ1n) is 9.40. The van der Waals surface area contributed by atoms with Crippen LogP contribution in [0.2, 0.25) is 0 Å². The average Bonchev–Trinajstić information content (AvgIpc) is 3.35. The van der Waals surface area contributed by atoms with Crippen molar-refractivity contribution < 1.29 is 14.1 Å². The number of aromatic nitrogens is 2. The molecule has 1 amide bonds. The Balaban J connectivity index is 1.58. The molecule has 1 aliphatic heterocycles. The third-order valence-electron chi connectivity index (χ3n) is 5.29. The smallest absolute Gasteiger partial charge is 0.232 e. The highest BCUT2D eigenvalue weighted by molar-refractivity contribution is 5.80. The number of para-hydroxylation sites is 1. The van der Waals surface area contributed by atoms with Crippen LogP contribution in [0.4, 0.5) is 0 Å². The molecule has 144 valence electrons. The molecule has 28 heavy (non-hydrogen) atoms. The first-order chi connectivity index (χ1) is 13.7. The molecule has 6 heteroatoms. The minimum Gasteiger partial charge on any atom is -0.496 e. The highest BCUT2D eigenvalue weighted by atomic mass is 16.5. The van der Waals surface area contributed by atoms with Gasteiger partial charge < -0.3 is 14.2 Å². The van der Waals surface area contributed by atoms with Gasteiger partial charge in [0.05, 0.1) is 19.4 Å². The number of methoxy groups -OCH3 is 1. The number of benzene rings is 2. The van der Waals surface area contributed by atoms with E-state index in [9.17, 15) is 4.79 Å². The molecular weight excluding hydrogens is 354 g/mol. The van der Waals surface area contributed by atoms with Crippen LogP contribution in [0.1, 0.15) is 34.7 Å². The minimum absolute atomic E-state index is 0.00906. The standard InChI is InChI=1S/C22H23N3O3/c1-15-23-22(28-24-15)19-14-25(13-18(19)16-8-4-3-5-9-16)21(26)12-17-10-6-7-11-20(17)27-2/h3-11,18-19H,12-14H2,1-2H3/t18-,19-/m0/s1. The number of nitrogens with zero attached hydrogens (tertiary/aromatic N) is 3. The summed E-state index contributed by atoms with van der Waals surface area (Å²) in [6, 6.07) is 17.9. The van der Waals surface area contributed by atoms with E-state index in [0.29, 0.717) is 31.2 Å². The molecule has 0 spiro atoms. The summed E-state index contributed by atoms with van der Waals surface area (Å²) in [5.74, 6) is 2.13. The fourth-order valence-electron chi connectivity index (χ4n) is 3.88. The Morgan fingerprint density at radius 3 is 2.54 bits per heavy atom. The SMILES string of the molecule is COc1ccccc1CC(=O)N1C[C@H](c2nc(C)no2)[C@H](c2ccccc2)C1. The molecule has 0 aliphatic carbocycles. The number of likely N-dealkylation sites (tertiary alicyclic amines) is 1. The van der Waals surface area contributed by atoms with Crippen molar-refractivity contribution in [1.29, 1.82) is 0 Å². The topological polar surface area (TPSA) is 68.5 Å². The fraction of sp³-hybridized carbons (Fsp3) is 0.318. The lowest BCUT2D eigenvalue weighted by molar-refractivity contribution is -0.129. The largest absolute Gasteiger partial charge is 0.496 e. The van der Waals surface area contributed by atoms with Crippen LogP contribution in [-0.4, -0.2) is 41.1 Å². The Hall–Kier alpha value is -3.15. The molecule has 1 aromatic heterocycles. The Morgan fingerprint density at radius 1 is 1.11 bits per heavy atom. The van der Waals surface area contributed by atoms with Crippen molar-refractivity contribution in [3.63, 3.8) is 0 Å². The molecular formula is C22H23N3O3. The molecule has 4 rings (SSSR count). The molecule has 0 radical (unpaired) electrons. The number of carbonyl (C=O) groups excluding carboxylic acids is 1. The normalized spacial score (nSPS) is 19.0. The number of rotatable bonds is 5. The van der Waals surface area contributed by atoms with Crippen molar-refractivity contribution in [2.24, 2.45) is 0 Å². The number of hydrogen-bond acceptors (Lipinski definition) is 5. The summed E-state index contributed by atoms with van der Waals surface area (Å²) >= 11 is 0. The summed E-state index contributed by atoms with van der Waals surface area (Å²) < 4.78 is 10.9. The molecule has 0 bridgehead atoms. The maximum absolute atomic E-state index is 13.0. The van der Waals surface area contributed by atoms with Crippen molar-refractivity contribution >= 4 is 5.91 Å². The molecule has 0 saturated carbocycles. The van der Waals surface area contributed by atoms with E-state index in [4.69, 9.17) is 9.26 Å². The zero-order chi connectivity index (χ0) is 19.5. The fourth-order valence-corrected chi connectivity index (χ4v) is 3.88. The van der Waals surface area contributed by atoms with Crippen LogP contribution in [-0.2, 0) is 11.2 Å². The van der Waals surface area contributed by atoms with Crippen LogP contribution < -0.4 is 4.74 Å². The highest BCUT2D eigenvalue weighted by Gasteiger charge is 2.40. The second-order valence-corrected chi connectivity index (χ2v) is 7.09. The van der Waals surface area contributed by atoms with Crippen LogP contribution in [0.3, 0.4) is 0 Å². The zero-order valence-corrected chi connectivity index (χ0v) is 16.0. The predicted octanol–water partition coefficient (Wildman–Crippen LogP) is 3.34. The van der Waals surface area contributed by atoms with Gasteiger partial charge in [0.2, 0.25) is 11.8 Å². The van der Waals surface area contributed by atoms with Gasteiger partial charge in [-0.25, -0.2) is 0 Å². The predicted molar refractivity (Wildman–Crippen MR) is 104 cm³/mol. The van der Waals surface area contributed by atoms with Gasteiger partial charge >= 0.3 is 0 Å². The maximum Gasteiger partial charge on any atom is 0.232 e. The first kappa shape index (κ1) is 18.2. The Morgan fingerprint density at radius 2 is 1.82 bits per heavy atom. The number of amides is 1. The molecule has 0 unspecified atom stereocenters. The van der Waals surface area contributed by atoms with Crippen molar-refractivity contribution in [3.8, 4) is 5.75 Å². The van der Waals surface area contributed by atoms with Crippen LogP contribution in [0, 0.1) is 6.92 Å². The number of hydrogen-bond donors (Lipinski definition) is 0. The van der Waals surface area contributed by atoms with Crippen molar-refractivity contribution in [1.82, 2.24) is 15.0 Å². The van der Waals surface area contributed by atoms with Crippen molar-refractivity contribution in [2.75, 3.05) is 20.2 Å². The number of carbonyl (C=O) groups is 1. The second kappa shape index (κ2) is 7.84. The number of ether oxygens (including phenoxy) is 1. The van der Waals surface area contributed by atoms with Crippen molar-refractivity contribution in [2.45, 2.75) is 25.2 Å². The summed E-state index contributed by atoms with van der Waals surface area (Å²) in [6.45, 7) is 3.00. The third-order valence-corrected chi connectivity index (χ3v) is 5.29. The molecule has 0 N–H and O–H groups in total. The molecule has 2 heterocycles. The Labute approximate surface area is 164 Å². The minimum atomic E-state index is -0.00906. The van der Waals surface area contributed by atoms with Gasteiger partial charge in [-0.05, 0) is 18.6 Å². The van der Waals surface area contributed by atoms with Gasteiger partial charge in [0, 0.05) is 24.6 Å². The zero-order valence-electron chi connectivity index (χ0n) is 16.0. The first-order valence-corrected chi connectivity index (χ1v) is 9.40. The van der Waals surface area contributed by atoms with Gasteiger partial charge in [0.15, 0.2) is 5.82 Å². The monoisotopic (exact) mass is 377 g/mol. The summed E-state index contributed by atoms with van der Waals surface area (Å²) in [7, 11) is 1.62. The van der Waals surface area contributed by atoms with Gasteiger partial charge in [-0.2, -0.15) is 4.98 Å². The van der Waals surface area contributed by atoms with Gasteiger partial charge in [0.25, 0.3) is 0 Å². The number of aryl methyl sites for hydroxylation is 1. The average molecular weight is 377 g/mol. The molecule has 1 aliphatic rings. The van der Waals surface area contributed by atoms with Crippen LogP contribution >= 0.6 is 0 Å². The van der Waals surface area contributed by atoms with Gasteiger partial charge in [-0.1, -0.05) is 53.7 Å². The quantitative estimate of drug-likeness (QED) is 0.682. The van der Waals surface area contributed by atoms with E-state index in [0.717, 1.165) is 11.3 Å². The Kier molecular flexibility index (Phi) is 5.10. The lowest BCUT2D eigenvalue weighted by Gasteiger charge is -2.17. The molecule has 3 aromatic rings. The second-order valence-electron chi connectivity index (χ2n) is 7.09. The van der Waals surface area contributed by atoms with Gasteiger partial charge in [0.1, 0.15) is 5.75 Å². The van der Waals surface area contributed by atoms with E-state index in [1.54, 1.807) is 7.11 Å². The lowest BCUT2D eigenvalue weighted by Crippen LogP contribution is -2.30. The molecule has 2 aromatic carbocycles. The molecule has 6 nitrogen and oxygen atoms in total. The van der Waals surface area contributed by atoms with E-state index >= 15 is 0 Å². The van der Waals surface area contributed by atoms with Crippen LogP contribution in [0.25, 0.3) is 0 Å². The molecule has 1 saturated heterocycles. The maximum atomic E-state index is 13.0. The molecule has 1 fully saturated rings. The molecule has 2 atom stereocenters. The van der Waals surface area contributed by atoms with E-state index < -0.39 is 0 Å². The Bertz CT molecular complexity index is 954. The van der Waals surface area contributed by atoms with Crippen LogP contribution in [0.5, 0.6) is 5.75 Å². The highest BCUT2D eigenvalue weighted by Crippen LogP contribution is 2.39. The van der Waals surface area contributed by atoms with Crippen LogP contribution in [0.15, 0.2) is 59.1 Å². The summed E-state index contributed by atoms with van der Waals surface area (Å²) in [6.07, 6.45) is 0.307. The summed E-state index contributed by atoms with van der Waals surface area (Å²) in [5, 5.41) is 3.94. The third kappa shape index (κ3) is 3.63. The van der Waals surface area contributed by atoms with E-state index in [1.165, 1.54) is 5.56 Å². The van der Waals surface area contributed by atoms with E-state index in [2.05, 4.69) is 22.3 Å². The van der Waals surface area contributed by atoms with Gasteiger partial charge in [-0.15, -0.1) is 0 Å². The lowest BCUT2D eigenvalue weighted by atomic mass is 9.89. The summed E-state index contributed by atoms with van der Waals surface area (Å²) in [4.78, 5) is 19.4. The van der Waals surface area contributed by atoms with Gasteiger partial charge in [-0.3, -0.25) is 4.79 Å². The summed E-state index contributed by atoms with van der Waals surface area (Å²) in [5.41, 5.74) is 2.07. The van der Waals surface area contributed by atoms with E-state index in [-0.39, 0.29) is 17.7 Å². The van der Waals surface area contributed by atoms with Crippen molar-refractivity contribution in [3.05, 3.63) is 77.4 Å². The van der Waals surface area contributed by atoms with E-state index in [1.807, 2.05) is 54.3 Å².